The predicted octanol–water partition coefficient (Wildman–Crippen LogP) is 1.71. The molecule has 26 heavy (non-hydrogen) atoms. The maximum atomic E-state index is 6.04. The third-order valence-corrected chi connectivity index (χ3v) is 4.57. The van der Waals surface area contributed by atoms with Gasteiger partial charge < -0.3 is 15.4 Å². The number of aromatic nitrogens is 6. The van der Waals surface area contributed by atoms with E-state index in [0.717, 1.165) is 25.1 Å². The summed E-state index contributed by atoms with van der Waals surface area (Å²) in [6, 6.07) is 0.351. The number of hydrogen-bond donors (Lipinski definition) is 3. The topological polar surface area (TPSA) is 105 Å². The fourth-order valence-corrected chi connectivity index (χ4v) is 3.22. The Labute approximate surface area is 151 Å². The molecule has 1 aliphatic heterocycles. The van der Waals surface area contributed by atoms with Crippen LogP contribution in [0.2, 0.25) is 0 Å². The molecule has 4 heterocycles. The van der Waals surface area contributed by atoms with Crippen LogP contribution in [-0.4, -0.2) is 55.0 Å². The van der Waals surface area contributed by atoms with E-state index in [2.05, 4.69) is 42.8 Å². The number of piperidine rings is 1. The number of aromatic amines is 1. The molecule has 9 nitrogen and oxygen atoms in total. The van der Waals surface area contributed by atoms with E-state index in [0.29, 0.717) is 35.0 Å². The van der Waals surface area contributed by atoms with Crippen LogP contribution in [0.3, 0.4) is 0 Å². The Balaban J connectivity index is 1.72. The second kappa shape index (κ2) is 6.91. The standard InChI is InChI=1S/C17H24N8O/c1-10(2)26-15-14(12-7-20-21-8-12)19-9-25-16(15)23-17(24-25)22-13-4-5-18-6-11(13)3/h7-11,13,18H,4-6H2,1-3H3,(H,20,21)(H,22,24)/t11-,13?/m1/s1. The summed E-state index contributed by atoms with van der Waals surface area (Å²) in [5.74, 6) is 1.73. The van der Waals surface area contributed by atoms with Gasteiger partial charge in [-0.15, -0.1) is 5.10 Å². The lowest BCUT2D eigenvalue weighted by Crippen LogP contribution is -2.42. The van der Waals surface area contributed by atoms with E-state index in [-0.39, 0.29) is 6.10 Å². The highest BCUT2D eigenvalue weighted by Crippen LogP contribution is 2.32. The molecule has 1 saturated heterocycles. The number of H-pyrrole nitrogens is 1. The molecule has 3 aromatic rings. The van der Waals surface area contributed by atoms with Crippen molar-refractivity contribution in [3.63, 3.8) is 0 Å². The van der Waals surface area contributed by atoms with Gasteiger partial charge in [0.05, 0.1) is 12.3 Å². The Hall–Kier alpha value is -2.68. The smallest absolute Gasteiger partial charge is 0.243 e. The third kappa shape index (κ3) is 3.22. The molecule has 0 spiro atoms. The number of anilines is 1. The van der Waals surface area contributed by atoms with Crippen molar-refractivity contribution in [2.24, 2.45) is 5.92 Å². The molecule has 0 bridgehead atoms. The summed E-state index contributed by atoms with van der Waals surface area (Å²) in [5, 5.41) is 18.2. The number of ether oxygens (including phenoxy) is 1. The van der Waals surface area contributed by atoms with E-state index in [1.54, 1.807) is 23.2 Å². The van der Waals surface area contributed by atoms with E-state index in [1.807, 2.05) is 13.8 Å². The average molecular weight is 356 g/mol. The van der Waals surface area contributed by atoms with E-state index in [1.165, 1.54) is 0 Å². The zero-order valence-corrected chi connectivity index (χ0v) is 15.2. The highest BCUT2D eigenvalue weighted by molar-refractivity contribution is 5.73. The first-order valence-corrected chi connectivity index (χ1v) is 9.00. The molecule has 1 aliphatic rings. The summed E-state index contributed by atoms with van der Waals surface area (Å²) in [6.07, 6.45) is 6.21. The van der Waals surface area contributed by atoms with Crippen LogP contribution in [0.1, 0.15) is 27.2 Å². The van der Waals surface area contributed by atoms with Crippen molar-refractivity contribution in [1.29, 1.82) is 0 Å². The second-order valence-electron chi connectivity index (χ2n) is 7.00. The van der Waals surface area contributed by atoms with Crippen molar-refractivity contribution in [1.82, 2.24) is 35.1 Å². The Morgan fingerprint density at radius 2 is 2.27 bits per heavy atom. The van der Waals surface area contributed by atoms with Crippen LogP contribution < -0.4 is 15.4 Å². The van der Waals surface area contributed by atoms with Crippen LogP contribution in [0.15, 0.2) is 18.7 Å². The van der Waals surface area contributed by atoms with Gasteiger partial charge in [-0.1, -0.05) is 6.92 Å². The monoisotopic (exact) mass is 356 g/mol. The Morgan fingerprint density at radius 1 is 1.38 bits per heavy atom. The van der Waals surface area contributed by atoms with Gasteiger partial charge in [0.2, 0.25) is 11.6 Å². The van der Waals surface area contributed by atoms with Gasteiger partial charge in [0.25, 0.3) is 0 Å². The average Bonchev–Trinajstić information content (AvgIpc) is 3.26. The fraction of sp³-hybridized carbons (Fsp3) is 0.529. The first-order valence-electron chi connectivity index (χ1n) is 9.00. The Kier molecular flexibility index (Phi) is 4.46. The van der Waals surface area contributed by atoms with Gasteiger partial charge in [-0.25, -0.2) is 4.98 Å². The molecule has 9 heteroatoms. The van der Waals surface area contributed by atoms with Gasteiger partial charge >= 0.3 is 0 Å². The minimum atomic E-state index is -0.00815. The zero-order chi connectivity index (χ0) is 18.1. The molecule has 3 N–H and O–H groups in total. The molecular formula is C17H24N8O. The van der Waals surface area contributed by atoms with Gasteiger partial charge in [-0.05, 0) is 39.3 Å². The third-order valence-electron chi connectivity index (χ3n) is 4.57. The lowest BCUT2D eigenvalue weighted by molar-refractivity contribution is 0.244. The van der Waals surface area contributed by atoms with Gasteiger partial charge in [-0.2, -0.15) is 14.6 Å². The largest absolute Gasteiger partial charge is 0.485 e. The maximum Gasteiger partial charge on any atom is 0.243 e. The number of nitrogens with zero attached hydrogens (tertiary/aromatic N) is 5. The summed E-state index contributed by atoms with van der Waals surface area (Å²) in [6.45, 7) is 8.19. The number of fused-ring (bicyclic) bond motifs is 1. The van der Waals surface area contributed by atoms with Crippen LogP contribution >= 0.6 is 0 Å². The van der Waals surface area contributed by atoms with Crippen molar-refractivity contribution in [3.8, 4) is 17.0 Å². The highest BCUT2D eigenvalue weighted by Gasteiger charge is 2.24. The molecular weight excluding hydrogens is 332 g/mol. The molecule has 1 unspecified atom stereocenters. The first kappa shape index (κ1) is 16.8. The van der Waals surface area contributed by atoms with Crippen molar-refractivity contribution in [2.75, 3.05) is 18.4 Å². The molecule has 4 rings (SSSR count). The first-order chi connectivity index (χ1) is 12.6. The van der Waals surface area contributed by atoms with Crippen LogP contribution in [0, 0.1) is 5.92 Å². The molecule has 0 aliphatic carbocycles. The molecule has 3 aromatic heterocycles. The minimum Gasteiger partial charge on any atom is -0.485 e. The SMILES string of the molecule is CC(C)Oc1c(-c2cn[nH]c2)ncn2nc(NC3CCNC[C@H]3C)nc12. The van der Waals surface area contributed by atoms with E-state index in [9.17, 15) is 0 Å². The second-order valence-corrected chi connectivity index (χ2v) is 7.00. The van der Waals surface area contributed by atoms with E-state index < -0.39 is 0 Å². The maximum absolute atomic E-state index is 6.04. The lowest BCUT2D eigenvalue weighted by atomic mass is 9.95. The van der Waals surface area contributed by atoms with Crippen LogP contribution in [0.5, 0.6) is 5.75 Å². The van der Waals surface area contributed by atoms with Crippen LogP contribution in [0.4, 0.5) is 5.95 Å². The molecule has 0 radical (unpaired) electrons. The minimum absolute atomic E-state index is 0.00815. The molecule has 0 saturated carbocycles. The van der Waals surface area contributed by atoms with Crippen LogP contribution in [-0.2, 0) is 0 Å². The molecule has 138 valence electrons. The summed E-state index contributed by atoms with van der Waals surface area (Å²) < 4.78 is 7.70. The summed E-state index contributed by atoms with van der Waals surface area (Å²) in [4.78, 5) is 9.20. The fourth-order valence-electron chi connectivity index (χ4n) is 3.22. The van der Waals surface area contributed by atoms with Crippen molar-refractivity contribution in [2.45, 2.75) is 39.3 Å². The quantitative estimate of drug-likeness (QED) is 0.639. The van der Waals surface area contributed by atoms with Gasteiger partial charge in [0, 0.05) is 17.8 Å². The van der Waals surface area contributed by atoms with Crippen LogP contribution in [0.25, 0.3) is 16.9 Å². The van der Waals surface area contributed by atoms with Gasteiger partial charge in [0.15, 0.2) is 5.75 Å². The Bertz CT molecular complexity index is 872. The van der Waals surface area contributed by atoms with E-state index in [4.69, 9.17) is 4.74 Å². The molecule has 0 amide bonds. The molecule has 0 aromatic carbocycles. The predicted molar refractivity (Wildman–Crippen MR) is 98.2 cm³/mol. The van der Waals surface area contributed by atoms with Crippen molar-refractivity contribution in [3.05, 3.63) is 18.7 Å². The number of nitrogens with one attached hydrogen (secondary N) is 3. The number of rotatable bonds is 5. The van der Waals surface area contributed by atoms with E-state index >= 15 is 0 Å². The van der Waals surface area contributed by atoms with Gasteiger partial charge in [0.1, 0.15) is 12.0 Å². The van der Waals surface area contributed by atoms with Crippen molar-refractivity contribution >= 4 is 11.6 Å². The van der Waals surface area contributed by atoms with Crippen molar-refractivity contribution < 1.29 is 4.74 Å². The summed E-state index contributed by atoms with van der Waals surface area (Å²) >= 11 is 0. The highest BCUT2D eigenvalue weighted by atomic mass is 16.5. The number of hydrogen-bond acceptors (Lipinski definition) is 7. The summed E-state index contributed by atoms with van der Waals surface area (Å²) in [7, 11) is 0. The molecule has 2 atom stereocenters. The lowest BCUT2D eigenvalue weighted by Gasteiger charge is -2.29. The Morgan fingerprint density at radius 3 is 3.00 bits per heavy atom. The summed E-state index contributed by atoms with van der Waals surface area (Å²) in [5.41, 5.74) is 2.20. The zero-order valence-electron chi connectivity index (χ0n) is 15.2. The normalized spacial score (nSPS) is 20.6. The van der Waals surface area contributed by atoms with Gasteiger partial charge in [-0.3, -0.25) is 5.10 Å². The molecule has 1 fully saturated rings.